The number of hydrogen-bond acceptors (Lipinski definition) is 0. The first kappa shape index (κ1) is 12.7. The molecule has 0 amide bonds. The van der Waals surface area contributed by atoms with Crippen molar-refractivity contribution >= 4 is 0 Å². The van der Waals surface area contributed by atoms with Crippen LogP contribution in [-0.2, 0) is 0 Å². The summed E-state index contributed by atoms with van der Waals surface area (Å²) in [7, 11) is 0. The number of hydrogen-bond donors (Lipinski definition) is 0. The molecule has 0 aromatic heterocycles. The molecular weight excluding hydrogens is 156 g/mol. The van der Waals surface area contributed by atoms with Gasteiger partial charge in [0.2, 0.25) is 0 Å². The summed E-state index contributed by atoms with van der Waals surface area (Å²) in [6.07, 6.45) is 3.75. The maximum atomic E-state index is 4.14. The average Bonchev–Trinajstić information content (AvgIpc) is 2.08. The van der Waals surface area contributed by atoms with E-state index in [1.54, 1.807) is 0 Å². The minimum Gasteiger partial charge on any atom is -0.0996 e. The first-order valence-electron chi connectivity index (χ1n) is 5.54. The molecule has 0 aromatic rings. The SMILES string of the molecule is C=C(C)C(C)(C)C(CC)(CC)CC. The van der Waals surface area contributed by atoms with E-state index in [9.17, 15) is 0 Å². The molecule has 0 aromatic carbocycles. The molecular formula is C13H26. The summed E-state index contributed by atoms with van der Waals surface area (Å²) in [4.78, 5) is 0. The van der Waals surface area contributed by atoms with Crippen molar-refractivity contribution < 1.29 is 0 Å². The molecule has 0 atom stereocenters. The lowest BCUT2D eigenvalue weighted by Crippen LogP contribution is -2.37. The summed E-state index contributed by atoms with van der Waals surface area (Å²) in [6.45, 7) is 17.9. The Hall–Kier alpha value is -0.260. The van der Waals surface area contributed by atoms with Gasteiger partial charge in [-0.2, -0.15) is 0 Å². The third kappa shape index (κ3) is 1.98. The highest BCUT2D eigenvalue weighted by Gasteiger charge is 2.40. The molecule has 0 N–H and O–H groups in total. The molecule has 0 unspecified atom stereocenters. The first-order valence-corrected chi connectivity index (χ1v) is 5.54. The van der Waals surface area contributed by atoms with E-state index in [1.165, 1.54) is 24.8 Å². The van der Waals surface area contributed by atoms with E-state index in [0.29, 0.717) is 5.41 Å². The molecule has 0 rings (SSSR count). The lowest BCUT2D eigenvalue weighted by molar-refractivity contribution is 0.0858. The Labute approximate surface area is 84.4 Å². The van der Waals surface area contributed by atoms with Crippen LogP contribution in [-0.4, -0.2) is 0 Å². The molecule has 78 valence electrons. The Bertz CT molecular complexity index is 162. The Kier molecular flexibility index (Phi) is 4.22. The van der Waals surface area contributed by atoms with Crippen molar-refractivity contribution in [1.82, 2.24) is 0 Å². The zero-order chi connectivity index (χ0) is 10.7. The van der Waals surface area contributed by atoms with Crippen LogP contribution in [0.5, 0.6) is 0 Å². The van der Waals surface area contributed by atoms with E-state index in [4.69, 9.17) is 0 Å². The summed E-state index contributed by atoms with van der Waals surface area (Å²) >= 11 is 0. The molecule has 0 radical (unpaired) electrons. The maximum absolute atomic E-state index is 4.14. The highest BCUT2D eigenvalue weighted by Crippen LogP contribution is 2.50. The van der Waals surface area contributed by atoms with Crippen LogP contribution in [0.15, 0.2) is 12.2 Å². The molecule has 0 saturated carbocycles. The van der Waals surface area contributed by atoms with Gasteiger partial charge in [0.25, 0.3) is 0 Å². The Balaban J connectivity index is 5.02. The maximum Gasteiger partial charge on any atom is -0.00940 e. The van der Waals surface area contributed by atoms with Crippen molar-refractivity contribution in [3.05, 3.63) is 12.2 Å². The lowest BCUT2D eigenvalue weighted by Gasteiger charge is -2.46. The van der Waals surface area contributed by atoms with Crippen LogP contribution in [0.4, 0.5) is 0 Å². The van der Waals surface area contributed by atoms with E-state index in [2.05, 4.69) is 48.1 Å². The Morgan fingerprint density at radius 2 is 1.31 bits per heavy atom. The zero-order valence-electron chi connectivity index (χ0n) is 10.3. The summed E-state index contributed by atoms with van der Waals surface area (Å²) < 4.78 is 0. The van der Waals surface area contributed by atoms with Crippen molar-refractivity contribution in [3.63, 3.8) is 0 Å². The molecule has 0 heteroatoms. The summed E-state index contributed by atoms with van der Waals surface area (Å²) in [6, 6.07) is 0. The molecule has 0 aliphatic carbocycles. The van der Waals surface area contributed by atoms with Crippen LogP contribution in [0.1, 0.15) is 60.8 Å². The predicted octanol–water partition coefficient (Wildman–Crippen LogP) is 4.81. The highest BCUT2D eigenvalue weighted by molar-refractivity contribution is 5.10. The predicted molar refractivity (Wildman–Crippen MR) is 61.9 cm³/mol. The first-order chi connectivity index (χ1) is 5.88. The van der Waals surface area contributed by atoms with Crippen LogP contribution in [0, 0.1) is 10.8 Å². The summed E-state index contributed by atoms with van der Waals surface area (Å²) in [5.74, 6) is 0. The quantitative estimate of drug-likeness (QED) is 0.535. The third-order valence-corrected chi connectivity index (χ3v) is 4.42. The van der Waals surface area contributed by atoms with Crippen molar-refractivity contribution in [2.45, 2.75) is 60.8 Å². The van der Waals surface area contributed by atoms with Gasteiger partial charge in [0.05, 0.1) is 0 Å². The molecule has 0 spiro atoms. The van der Waals surface area contributed by atoms with Gasteiger partial charge in [-0.25, -0.2) is 0 Å². The highest BCUT2D eigenvalue weighted by atomic mass is 14.4. The fourth-order valence-electron chi connectivity index (χ4n) is 2.53. The summed E-state index contributed by atoms with van der Waals surface area (Å²) in [5, 5.41) is 0. The molecule has 0 fully saturated rings. The van der Waals surface area contributed by atoms with E-state index < -0.39 is 0 Å². The standard InChI is InChI=1S/C13H26/c1-8-13(9-2,10-3)12(6,7)11(4)5/h4,8-10H2,1-3,5-7H3. The Morgan fingerprint density at radius 3 is 1.38 bits per heavy atom. The third-order valence-electron chi connectivity index (χ3n) is 4.42. The van der Waals surface area contributed by atoms with Gasteiger partial charge in [-0.3, -0.25) is 0 Å². The second-order valence-corrected chi connectivity index (χ2v) is 4.75. The van der Waals surface area contributed by atoms with Crippen molar-refractivity contribution in [3.8, 4) is 0 Å². The molecule has 13 heavy (non-hydrogen) atoms. The monoisotopic (exact) mass is 182 g/mol. The normalized spacial score (nSPS) is 13.1. The minimum absolute atomic E-state index is 0.269. The van der Waals surface area contributed by atoms with E-state index in [-0.39, 0.29) is 5.41 Å². The zero-order valence-corrected chi connectivity index (χ0v) is 10.3. The van der Waals surface area contributed by atoms with Crippen molar-refractivity contribution in [2.24, 2.45) is 10.8 Å². The molecule has 0 heterocycles. The topological polar surface area (TPSA) is 0 Å². The lowest BCUT2D eigenvalue weighted by atomic mass is 9.58. The van der Waals surface area contributed by atoms with E-state index in [1.807, 2.05) is 0 Å². The van der Waals surface area contributed by atoms with Gasteiger partial charge < -0.3 is 0 Å². The van der Waals surface area contributed by atoms with Gasteiger partial charge in [-0.15, -0.1) is 0 Å². The molecule has 0 nitrogen and oxygen atoms in total. The van der Waals surface area contributed by atoms with Crippen LogP contribution >= 0.6 is 0 Å². The van der Waals surface area contributed by atoms with Crippen LogP contribution < -0.4 is 0 Å². The smallest absolute Gasteiger partial charge is 0.00940 e. The van der Waals surface area contributed by atoms with Gasteiger partial charge in [-0.1, -0.05) is 46.8 Å². The van der Waals surface area contributed by atoms with Gasteiger partial charge in [0.15, 0.2) is 0 Å². The van der Waals surface area contributed by atoms with Crippen LogP contribution in [0.25, 0.3) is 0 Å². The molecule has 0 aliphatic rings. The number of rotatable bonds is 5. The van der Waals surface area contributed by atoms with E-state index in [0.717, 1.165) is 0 Å². The van der Waals surface area contributed by atoms with Gasteiger partial charge in [0.1, 0.15) is 0 Å². The van der Waals surface area contributed by atoms with Crippen molar-refractivity contribution in [2.75, 3.05) is 0 Å². The second kappa shape index (κ2) is 4.30. The Morgan fingerprint density at radius 1 is 1.00 bits per heavy atom. The summed E-state index contributed by atoms with van der Waals surface area (Å²) in [5.41, 5.74) is 2.03. The van der Waals surface area contributed by atoms with Crippen molar-refractivity contribution in [1.29, 1.82) is 0 Å². The van der Waals surface area contributed by atoms with Gasteiger partial charge >= 0.3 is 0 Å². The molecule has 0 aliphatic heterocycles. The minimum atomic E-state index is 0.269. The average molecular weight is 182 g/mol. The fourth-order valence-corrected chi connectivity index (χ4v) is 2.53. The molecule has 0 bridgehead atoms. The van der Waals surface area contributed by atoms with E-state index >= 15 is 0 Å². The largest absolute Gasteiger partial charge is 0.0996 e. The molecule has 0 saturated heterocycles. The van der Waals surface area contributed by atoms with Gasteiger partial charge in [-0.05, 0) is 37.0 Å². The van der Waals surface area contributed by atoms with Crippen LogP contribution in [0.3, 0.4) is 0 Å². The fraction of sp³-hybridized carbons (Fsp3) is 0.846. The van der Waals surface area contributed by atoms with Crippen LogP contribution in [0.2, 0.25) is 0 Å². The van der Waals surface area contributed by atoms with Gasteiger partial charge in [0, 0.05) is 0 Å². The number of allylic oxidation sites excluding steroid dienone is 1. The second-order valence-electron chi connectivity index (χ2n) is 4.75.